The van der Waals surface area contributed by atoms with Gasteiger partial charge < -0.3 is 21.9 Å². The number of thiophene rings is 1. The van der Waals surface area contributed by atoms with E-state index in [2.05, 4.69) is 20.3 Å². The Hall–Kier alpha value is -2.82. The number of fused-ring (bicyclic) bond motifs is 1. The summed E-state index contributed by atoms with van der Waals surface area (Å²) in [6, 6.07) is 5.17. The Morgan fingerprint density at radius 3 is 3.00 bits per heavy atom. The summed E-state index contributed by atoms with van der Waals surface area (Å²) < 4.78 is 0.904. The highest BCUT2D eigenvalue weighted by Crippen LogP contribution is 2.30. The molecule has 4 heterocycles. The van der Waals surface area contributed by atoms with E-state index in [4.69, 9.17) is 11.5 Å². The zero-order chi connectivity index (χ0) is 19.0. The lowest BCUT2D eigenvalue weighted by Crippen LogP contribution is -2.34. The number of aromatic nitrogens is 3. The van der Waals surface area contributed by atoms with Gasteiger partial charge in [-0.1, -0.05) is 0 Å². The molecule has 9 nitrogen and oxygen atoms in total. The SMILES string of the molecule is NC(=O)CN1C[C@H](Nc2nc(-c3ccnc(N)c3)nc3ccsc23)[C@@H](O)C1. The molecule has 6 N–H and O–H groups in total. The number of primary amides is 1. The molecular formula is C17H19N7O2S. The number of nitrogen functional groups attached to an aromatic ring is 1. The summed E-state index contributed by atoms with van der Waals surface area (Å²) in [5.41, 5.74) is 12.6. The molecule has 3 aromatic heterocycles. The Bertz CT molecular complexity index is 992. The summed E-state index contributed by atoms with van der Waals surface area (Å²) in [7, 11) is 0. The van der Waals surface area contributed by atoms with Crippen molar-refractivity contribution < 1.29 is 9.90 Å². The summed E-state index contributed by atoms with van der Waals surface area (Å²) in [5.74, 6) is 1.15. The van der Waals surface area contributed by atoms with Gasteiger partial charge in [-0.25, -0.2) is 15.0 Å². The molecule has 140 valence electrons. The molecule has 0 unspecified atom stereocenters. The summed E-state index contributed by atoms with van der Waals surface area (Å²) in [4.78, 5) is 26.2. The highest BCUT2D eigenvalue weighted by molar-refractivity contribution is 7.17. The summed E-state index contributed by atoms with van der Waals surface area (Å²) in [6.07, 6.45) is 0.982. The molecular weight excluding hydrogens is 366 g/mol. The molecule has 0 radical (unpaired) electrons. The highest BCUT2D eigenvalue weighted by Gasteiger charge is 2.32. The van der Waals surface area contributed by atoms with E-state index in [-0.39, 0.29) is 12.6 Å². The van der Waals surface area contributed by atoms with Crippen LogP contribution in [0.3, 0.4) is 0 Å². The number of nitrogens with one attached hydrogen (secondary N) is 1. The van der Waals surface area contributed by atoms with E-state index in [1.54, 1.807) is 18.3 Å². The molecule has 0 spiro atoms. The van der Waals surface area contributed by atoms with Gasteiger partial charge in [0, 0.05) is 24.8 Å². The third kappa shape index (κ3) is 3.68. The lowest BCUT2D eigenvalue weighted by atomic mass is 10.2. The lowest BCUT2D eigenvalue weighted by molar-refractivity contribution is -0.118. The number of carbonyl (C=O) groups is 1. The van der Waals surface area contributed by atoms with Crippen LogP contribution in [0, 0.1) is 0 Å². The number of aliphatic hydroxyl groups is 1. The van der Waals surface area contributed by atoms with Crippen LogP contribution in [0.1, 0.15) is 0 Å². The fraction of sp³-hybridized carbons (Fsp3) is 0.294. The van der Waals surface area contributed by atoms with Gasteiger partial charge in [0.2, 0.25) is 5.91 Å². The molecule has 0 aromatic carbocycles. The number of aliphatic hydroxyl groups excluding tert-OH is 1. The Kier molecular flexibility index (Phi) is 4.60. The second-order valence-electron chi connectivity index (χ2n) is 6.48. The smallest absolute Gasteiger partial charge is 0.231 e. The Balaban J connectivity index is 1.65. The molecule has 1 fully saturated rings. The number of likely N-dealkylation sites (tertiary alicyclic amines) is 1. The molecule has 3 aromatic rings. The topological polar surface area (TPSA) is 143 Å². The van der Waals surface area contributed by atoms with Crippen molar-refractivity contribution in [3.8, 4) is 11.4 Å². The molecule has 1 saturated heterocycles. The predicted octanol–water partition coefficient (Wildman–Crippen LogP) is 0.278. The van der Waals surface area contributed by atoms with Crippen LogP contribution in [0.15, 0.2) is 29.8 Å². The van der Waals surface area contributed by atoms with Crippen LogP contribution in [0.4, 0.5) is 11.6 Å². The zero-order valence-electron chi connectivity index (χ0n) is 14.4. The van der Waals surface area contributed by atoms with Crippen molar-refractivity contribution >= 4 is 39.1 Å². The van der Waals surface area contributed by atoms with Gasteiger partial charge >= 0.3 is 0 Å². The van der Waals surface area contributed by atoms with Gasteiger partial charge in [-0.05, 0) is 23.6 Å². The van der Waals surface area contributed by atoms with Gasteiger partial charge in [-0.3, -0.25) is 9.69 Å². The number of hydrogen-bond acceptors (Lipinski definition) is 9. The van der Waals surface area contributed by atoms with Gasteiger partial charge in [0.05, 0.1) is 28.9 Å². The van der Waals surface area contributed by atoms with E-state index in [0.29, 0.717) is 30.5 Å². The van der Waals surface area contributed by atoms with Gasteiger partial charge in [0.25, 0.3) is 0 Å². The van der Waals surface area contributed by atoms with Gasteiger partial charge in [0.1, 0.15) is 11.6 Å². The number of rotatable bonds is 5. The van der Waals surface area contributed by atoms with Crippen molar-refractivity contribution in [2.45, 2.75) is 12.1 Å². The molecule has 1 amide bonds. The molecule has 10 heteroatoms. The van der Waals surface area contributed by atoms with Gasteiger partial charge in [-0.15, -0.1) is 11.3 Å². The molecule has 1 aliphatic heterocycles. The van der Waals surface area contributed by atoms with Crippen molar-refractivity contribution in [1.82, 2.24) is 19.9 Å². The molecule has 4 rings (SSSR count). The van der Waals surface area contributed by atoms with Crippen LogP contribution in [-0.4, -0.2) is 62.6 Å². The van der Waals surface area contributed by atoms with Crippen LogP contribution in [0.5, 0.6) is 0 Å². The Morgan fingerprint density at radius 2 is 2.22 bits per heavy atom. The number of hydrogen-bond donors (Lipinski definition) is 4. The largest absolute Gasteiger partial charge is 0.390 e. The molecule has 0 bridgehead atoms. The Labute approximate surface area is 159 Å². The van der Waals surface area contributed by atoms with Crippen molar-refractivity contribution in [2.75, 3.05) is 30.7 Å². The summed E-state index contributed by atoms with van der Waals surface area (Å²) in [5, 5.41) is 15.6. The second-order valence-corrected chi connectivity index (χ2v) is 7.39. The monoisotopic (exact) mass is 385 g/mol. The number of β-amino-alcohol motifs (C(OH)–C–C–N with tert-alkyl or cyclic N) is 1. The van der Waals surface area contributed by atoms with Gasteiger partial charge in [-0.2, -0.15) is 0 Å². The zero-order valence-corrected chi connectivity index (χ0v) is 15.2. The first-order valence-corrected chi connectivity index (χ1v) is 9.30. The van der Waals surface area contributed by atoms with E-state index in [9.17, 15) is 9.90 Å². The first-order valence-electron chi connectivity index (χ1n) is 8.42. The minimum atomic E-state index is -0.630. The van der Waals surface area contributed by atoms with E-state index >= 15 is 0 Å². The van der Waals surface area contributed by atoms with Crippen LogP contribution in [0.25, 0.3) is 21.6 Å². The molecule has 0 saturated carbocycles. The Morgan fingerprint density at radius 1 is 1.37 bits per heavy atom. The number of carbonyl (C=O) groups excluding carboxylic acids is 1. The fourth-order valence-electron chi connectivity index (χ4n) is 3.21. The minimum Gasteiger partial charge on any atom is -0.390 e. The van der Waals surface area contributed by atoms with Crippen molar-refractivity contribution in [1.29, 1.82) is 0 Å². The van der Waals surface area contributed by atoms with Crippen LogP contribution in [-0.2, 0) is 4.79 Å². The standard InChI is InChI=1S/C17H19N7O2S/c18-13-5-9(1-3-20-13)16-21-10-2-4-27-15(10)17(23-16)22-11-6-24(7-12(11)25)8-14(19)26/h1-5,11-12,25H,6-8H2,(H2,18,20)(H2,19,26)(H,21,22,23)/t11-,12-/m0/s1. The maximum atomic E-state index is 11.1. The molecule has 27 heavy (non-hydrogen) atoms. The van der Waals surface area contributed by atoms with Crippen LogP contribution in [0.2, 0.25) is 0 Å². The predicted molar refractivity (Wildman–Crippen MR) is 104 cm³/mol. The van der Waals surface area contributed by atoms with E-state index < -0.39 is 12.0 Å². The third-order valence-electron chi connectivity index (χ3n) is 4.41. The van der Waals surface area contributed by atoms with E-state index in [1.165, 1.54) is 11.3 Å². The first-order chi connectivity index (χ1) is 13.0. The number of pyridine rings is 1. The molecule has 0 aliphatic carbocycles. The van der Waals surface area contributed by atoms with Crippen LogP contribution < -0.4 is 16.8 Å². The maximum absolute atomic E-state index is 11.1. The maximum Gasteiger partial charge on any atom is 0.231 e. The average Bonchev–Trinajstić information content (AvgIpc) is 3.21. The number of nitrogens with two attached hydrogens (primary N) is 2. The van der Waals surface area contributed by atoms with Gasteiger partial charge in [0.15, 0.2) is 5.82 Å². The lowest BCUT2D eigenvalue weighted by Gasteiger charge is -2.17. The first kappa shape index (κ1) is 17.6. The molecule has 1 aliphatic rings. The van der Waals surface area contributed by atoms with Crippen molar-refractivity contribution in [3.63, 3.8) is 0 Å². The average molecular weight is 385 g/mol. The normalized spacial score (nSPS) is 20.2. The van der Waals surface area contributed by atoms with Crippen molar-refractivity contribution in [2.24, 2.45) is 5.73 Å². The second kappa shape index (κ2) is 7.06. The summed E-state index contributed by atoms with van der Waals surface area (Å²) in [6.45, 7) is 1.00. The number of nitrogens with zero attached hydrogens (tertiary/aromatic N) is 4. The van der Waals surface area contributed by atoms with E-state index in [1.807, 2.05) is 16.3 Å². The summed E-state index contributed by atoms with van der Waals surface area (Å²) >= 11 is 1.52. The van der Waals surface area contributed by atoms with Crippen molar-refractivity contribution in [3.05, 3.63) is 29.8 Å². The third-order valence-corrected chi connectivity index (χ3v) is 5.32. The fourth-order valence-corrected chi connectivity index (χ4v) is 3.99. The quantitative estimate of drug-likeness (QED) is 0.490. The molecule has 2 atom stereocenters. The highest BCUT2D eigenvalue weighted by atomic mass is 32.1. The number of amides is 1. The van der Waals surface area contributed by atoms with Crippen LogP contribution >= 0.6 is 11.3 Å². The minimum absolute atomic E-state index is 0.120. The van der Waals surface area contributed by atoms with E-state index in [0.717, 1.165) is 15.8 Å². The number of anilines is 2.